The molecule has 0 fully saturated rings. The third-order valence-corrected chi connectivity index (χ3v) is 3.46. The fourth-order valence-corrected chi connectivity index (χ4v) is 2.11. The zero-order chi connectivity index (χ0) is 15.4. The highest BCUT2D eigenvalue weighted by Gasteiger charge is 2.68. The van der Waals surface area contributed by atoms with Gasteiger partial charge in [-0.1, -0.05) is 8.01 Å². The molecular weight excluding hydrogens is 318 g/mol. The van der Waals surface area contributed by atoms with Crippen molar-refractivity contribution in [2.75, 3.05) is 14.1 Å². The van der Waals surface area contributed by atoms with Gasteiger partial charge in [-0.15, -0.1) is 0 Å². The second kappa shape index (κ2) is 6.03. The first kappa shape index (κ1) is 19.7. The summed E-state index contributed by atoms with van der Waals surface area (Å²) in [4.78, 5) is 0. The van der Waals surface area contributed by atoms with E-state index in [1.807, 2.05) is 14.1 Å². The zero-order valence-corrected chi connectivity index (χ0v) is 10.4. The minimum Gasteiger partial charge on any atom is -0.323 e. The predicted molar refractivity (Wildman–Crippen MR) is 48.1 cm³/mol. The first-order chi connectivity index (χ1) is 7.62. The molecule has 0 aliphatic heterocycles. The van der Waals surface area contributed by atoms with E-state index in [2.05, 4.69) is 5.32 Å². The van der Waals surface area contributed by atoms with Gasteiger partial charge in [-0.3, -0.25) is 0 Å². The van der Waals surface area contributed by atoms with E-state index >= 15 is 0 Å². The van der Waals surface area contributed by atoms with Gasteiger partial charge in [0.25, 0.3) is 0 Å². The smallest absolute Gasteiger partial charge is 0.323 e. The number of sulfonamides is 1. The van der Waals surface area contributed by atoms with E-state index in [1.54, 1.807) is 0 Å². The summed E-state index contributed by atoms with van der Waals surface area (Å²) in [5.74, 6) is 0. The van der Waals surface area contributed by atoms with Crippen LogP contribution in [0.1, 0.15) is 0 Å². The quantitative estimate of drug-likeness (QED) is 0.567. The SMILES string of the molecule is CNC.O=S(=O)(F)NS(=O)(=O)C(F)(F)C(F)(F)F. The molecular formula is C4H8F6N2O4S2. The Kier molecular flexibility index (Phi) is 6.61. The normalized spacial score (nSPS) is 13.8. The zero-order valence-electron chi connectivity index (χ0n) is 8.72. The monoisotopic (exact) mass is 326 g/mol. The molecule has 0 aliphatic rings. The standard InChI is InChI=1S/C2HF6NO4S2.C2H7N/c3-1(4,5)2(6,7)14(10,11)9-15(8,12)13;1-3-2/h9H;3H,1-2H3. The lowest BCUT2D eigenvalue weighted by molar-refractivity contribution is -0.241. The first-order valence-corrected chi connectivity index (χ1v) is 6.49. The molecule has 0 spiro atoms. The Labute approximate surface area is 98.7 Å². The summed E-state index contributed by atoms with van der Waals surface area (Å²) < 4.78 is 109. The molecule has 0 rings (SSSR count). The van der Waals surface area contributed by atoms with Crippen LogP contribution < -0.4 is 9.44 Å². The molecule has 0 unspecified atom stereocenters. The van der Waals surface area contributed by atoms with Gasteiger partial charge >= 0.3 is 31.9 Å². The van der Waals surface area contributed by atoms with Crippen molar-refractivity contribution in [3.8, 4) is 0 Å². The van der Waals surface area contributed by atoms with Gasteiger partial charge in [0, 0.05) is 0 Å². The molecule has 0 bridgehead atoms. The van der Waals surface area contributed by atoms with Crippen molar-refractivity contribution in [2.24, 2.45) is 0 Å². The minimum atomic E-state index is -6.75. The van der Waals surface area contributed by atoms with Crippen LogP contribution in [0.25, 0.3) is 0 Å². The number of hydrogen-bond donors (Lipinski definition) is 2. The van der Waals surface area contributed by atoms with E-state index in [-0.39, 0.29) is 0 Å². The highest BCUT2D eigenvalue weighted by Crippen LogP contribution is 2.39. The molecule has 2 N–H and O–H groups in total. The molecule has 0 aliphatic carbocycles. The summed E-state index contributed by atoms with van der Waals surface area (Å²) in [5, 5.41) is -3.67. The van der Waals surface area contributed by atoms with E-state index in [0.29, 0.717) is 0 Å². The van der Waals surface area contributed by atoms with Crippen LogP contribution in [0.5, 0.6) is 0 Å². The molecule has 0 amide bonds. The molecule has 0 saturated carbocycles. The van der Waals surface area contributed by atoms with Crippen molar-refractivity contribution in [1.29, 1.82) is 0 Å². The average molecular weight is 326 g/mol. The maximum absolute atomic E-state index is 12.0. The molecule has 0 aromatic carbocycles. The molecule has 18 heavy (non-hydrogen) atoms. The summed E-state index contributed by atoms with van der Waals surface area (Å²) in [6, 6.07) is 0. The molecule has 0 radical (unpaired) electrons. The van der Waals surface area contributed by atoms with Crippen LogP contribution in [-0.4, -0.2) is 42.4 Å². The average Bonchev–Trinajstić information content (AvgIpc) is 1.97. The summed E-state index contributed by atoms with van der Waals surface area (Å²) in [6.45, 7) is 0. The van der Waals surface area contributed by atoms with Gasteiger partial charge in [0.2, 0.25) is 0 Å². The maximum atomic E-state index is 12.0. The minimum absolute atomic E-state index is 0.450. The molecule has 0 saturated heterocycles. The number of nitrogens with one attached hydrogen (secondary N) is 2. The highest BCUT2D eigenvalue weighted by molar-refractivity contribution is 8.03. The van der Waals surface area contributed by atoms with E-state index in [1.165, 1.54) is 0 Å². The fraction of sp³-hybridized carbons (Fsp3) is 1.00. The molecule has 0 heterocycles. The summed E-state index contributed by atoms with van der Waals surface area (Å²) in [7, 11) is -9.24. The van der Waals surface area contributed by atoms with Crippen molar-refractivity contribution in [3.63, 3.8) is 0 Å². The van der Waals surface area contributed by atoms with Gasteiger partial charge in [-0.2, -0.15) is 30.4 Å². The topological polar surface area (TPSA) is 92.3 Å². The van der Waals surface area contributed by atoms with Crippen LogP contribution in [0.3, 0.4) is 0 Å². The highest BCUT2D eigenvalue weighted by atomic mass is 32.3. The Morgan fingerprint density at radius 1 is 0.889 bits per heavy atom. The second-order valence-electron chi connectivity index (χ2n) is 2.54. The van der Waals surface area contributed by atoms with E-state index < -0.39 is 36.0 Å². The number of alkyl halides is 5. The number of rotatable bonds is 3. The van der Waals surface area contributed by atoms with Gasteiger partial charge in [0.1, 0.15) is 0 Å². The van der Waals surface area contributed by atoms with Gasteiger partial charge in [0.05, 0.1) is 0 Å². The third kappa shape index (κ3) is 5.83. The third-order valence-electron chi connectivity index (χ3n) is 0.877. The number of halogens is 6. The van der Waals surface area contributed by atoms with Crippen molar-refractivity contribution in [3.05, 3.63) is 0 Å². The Morgan fingerprint density at radius 2 is 1.17 bits per heavy atom. The van der Waals surface area contributed by atoms with Gasteiger partial charge in [-0.05, 0) is 14.1 Å². The van der Waals surface area contributed by atoms with Crippen LogP contribution in [0.15, 0.2) is 0 Å². The van der Waals surface area contributed by atoms with Gasteiger partial charge in [-0.25, -0.2) is 8.42 Å². The van der Waals surface area contributed by atoms with E-state index in [0.717, 1.165) is 0 Å². The Hall–Kier alpha value is -0.600. The predicted octanol–water partition coefficient (Wildman–Crippen LogP) is 0.111. The molecule has 0 aromatic heterocycles. The van der Waals surface area contributed by atoms with Crippen molar-refractivity contribution >= 4 is 20.4 Å². The Morgan fingerprint density at radius 3 is 1.33 bits per heavy atom. The summed E-state index contributed by atoms with van der Waals surface area (Å²) in [5.41, 5.74) is 0. The fourth-order valence-electron chi connectivity index (χ4n) is 0.336. The Balaban J connectivity index is 0. The van der Waals surface area contributed by atoms with Crippen LogP contribution in [0, 0.1) is 0 Å². The van der Waals surface area contributed by atoms with Crippen LogP contribution in [-0.2, 0) is 20.4 Å². The van der Waals surface area contributed by atoms with Crippen LogP contribution >= 0.6 is 0 Å². The largest absolute Gasteiger partial charge is 0.471 e. The lowest BCUT2D eigenvalue weighted by Gasteiger charge is -2.18. The molecule has 0 aromatic rings. The molecule has 112 valence electrons. The van der Waals surface area contributed by atoms with E-state index in [4.69, 9.17) is 0 Å². The first-order valence-electron chi connectivity index (χ1n) is 3.63. The van der Waals surface area contributed by atoms with Crippen molar-refractivity contribution in [1.82, 2.24) is 9.44 Å². The van der Waals surface area contributed by atoms with E-state index in [9.17, 15) is 42.7 Å². The van der Waals surface area contributed by atoms with Crippen molar-refractivity contribution < 1.29 is 42.7 Å². The molecule has 0 atom stereocenters. The Bertz CT molecular complexity index is 454. The number of hydrogen-bond acceptors (Lipinski definition) is 5. The van der Waals surface area contributed by atoms with Crippen molar-refractivity contribution in [2.45, 2.75) is 11.4 Å². The lowest BCUT2D eigenvalue weighted by atomic mass is 10.7. The van der Waals surface area contributed by atoms with Gasteiger partial charge < -0.3 is 5.32 Å². The molecule has 6 nitrogen and oxygen atoms in total. The van der Waals surface area contributed by atoms with Gasteiger partial charge in [0.15, 0.2) is 0 Å². The summed E-state index contributed by atoms with van der Waals surface area (Å²) in [6.07, 6.45) is -6.57. The van der Waals surface area contributed by atoms with Crippen LogP contribution in [0.2, 0.25) is 0 Å². The summed E-state index contributed by atoms with van der Waals surface area (Å²) >= 11 is 0. The van der Waals surface area contributed by atoms with Crippen LogP contribution in [0.4, 0.5) is 25.8 Å². The molecule has 14 heteroatoms. The maximum Gasteiger partial charge on any atom is 0.471 e. The second-order valence-corrected chi connectivity index (χ2v) is 5.60. The lowest BCUT2D eigenvalue weighted by Crippen LogP contribution is -2.50.